The number of halogens is 2. The number of carbonyl (C=O) groups excluding carboxylic acids is 2. The summed E-state index contributed by atoms with van der Waals surface area (Å²) in [6.07, 6.45) is 0. The zero-order chi connectivity index (χ0) is 21.7. The first-order chi connectivity index (χ1) is 14.9. The number of amides is 2. The quantitative estimate of drug-likeness (QED) is 0.375. The van der Waals surface area contributed by atoms with Crippen molar-refractivity contribution < 1.29 is 9.59 Å². The van der Waals surface area contributed by atoms with Gasteiger partial charge in [-0.25, -0.2) is 0 Å². The number of aromatic nitrogens is 1. The summed E-state index contributed by atoms with van der Waals surface area (Å²) in [6.45, 7) is 1.49. The molecular formula is C23H18Cl2N4O2. The first-order valence-corrected chi connectivity index (χ1v) is 10.5. The van der Waals surface area contributed by atoms with Crippen LogP contribution in [-0.4, -0.2) is 35.9 Å². The van der Waals surface area contributed by atoms with Crippen molar-refractivity contribution in [2.45, 2.75) is 6.04 Å². The van der Waals surface area contributed by atoms with Crippen molar-refractivity contribution >= 4 is 56.8 Å². The normalized spacial score (nSPS) is 14.0. The fraction of sp³-hybridized carbons (Fsp3) is 0.130. The number of carbonyl (C=O) groups is 2. The van der Waals surface area contributed by atoms with Gasteiger partial charge < -0.3 is 21.4 Å². The lowest BCUT2D eigenvalue weighted by Gasteiger charge is -2.28. The molecule has 4 aromatic rings. The summed E-state index contributed by atoms with van der Waals surface area (Å²) in [5.41, 5.74) is 9.55. The van der Waals surface area contributed by atoms with E-state index in [9.17, 15) is 9.59 Å². The number of H-pyrrole nitrogens is 1. The number of primary amides is 1. The summed E-state index contributed by atoms with van der Waals surface area (Å²) in [5.74, 6) is -0.674. The molecule has 1 aromatic heterocycles. The van der Waals surface area contributed by atoms with E-state index < -0.39 is 5.91 Å². The number of fused-ring (bicyclic) bond motifs is 3. The average Bonchev–Trinajstić information content (AvgIpc) is 3.09. The number of hydrogen-bond acceptors (Lipinski definition) is 3. The topological polar surface area (TPSA) is 100 Å². The molecule has 156 valence electrons. The highest BCUT2D eigenvalue weighted by Gasteiger charge is 2.23. The summed E-state index contributed by atoms with van der Waals surface area (Å²) < 4.78 is 0. The molecule has 5 rings (SSSR count). The molecule has 1 aliphatic heterocycles. The lowest BCUT2D eigenvalue weighted by Crippen LogP contribution is -2.56. The molecule has 6 nitrogen and oxygen atoms in total. The van der Waals surface area contributed by atoms with Gasteiger partial charge in [0.25, 0.3) is 5.91 Å². The maximum absolute atomic E-state index is 13.1. The molecule has 1 aliphatic rings. The number of hydrogen-bond donors (Lipinski definition) is 4. The van der Waals surface area contributed by atoms with Gasteiger partial charge in [-0.3, -0.25) is 9.59 Å². The first-order valence-electron chi connectivity index (χ1n) is 9.77. The zero-order valence-corrected chi connectivity index (χ0v) is 17.8. The molecule has 5 N–H and O–H groups in total. The summed E-state index contributed by atoms with van der Waals surface area (Å²) >= 11 is 12.3. The van der Waals surface area contributed by atoms with Crippen molar-refractivity contribution in [3.05, 3.63) is 69.7 Å². The Morgan fingerprint density at radius 1 is 0.935 bits per heavy atom. The number of nitrogens with two attached hydrogens (primary N) is 1. The van der Waals surface area contributed by atoms with Crippen LogP contribution in [-0.2, 0) is 0 Å². The fourth-order valence-electron chi connectivity index (χ4n) is 3.83. The average molecular weight is 453 g/mol. The summed E-state index contributed by atoms with van der Waals surface area (Å²) in [6, 6.07) is 14.5. The SMILES string of the molecule is NC(=O)c1ccc2[nH]c3c(C(=O)NC4CNC4)cc(-c4ccc(Cl)c(Cl)c4)cc3c2c1. The largest absolute Gasteiger partial charge is 0.366 e. The predicted octanol–water partition coefficient (Wildman–Crippen LogP) is 4.10. The number of benzene rings is 3. The third-order valence-electron chi connectivity index (χ3n) is 5.61. The summed E-state index contributed by atoms with van der Waals surface area (Å²) in [7, 11) is 0. The van der Waals surface area contributed by atoms with Crippen LogP contribution < -0.4 is 16.4 Å². The van der Waals surface area contributed by atoms with Crippen molar-refractivity contribution in [1.82, 2.24) is 15.6 Å². The monoisotopic (exact) mass is 452 g/mol. The molecule has 0 atom stereocenters. The van der Waals surface area contributed by atoms with Crippen LogP contribution in [0, 0.1) is 0 Å². The van der Waals surface area contributed by atoms with E-state index in [1.165, 1.54) is 0 Å². The van der Waals surface area contributed by atoms with Gasteiger partial charge in [-0.15, -0.1) is 0 Å². The zero-order valence-electron chi connectivity index (χ0n) is 16.3. The third-order valence-corrected chi connectivity index (χ3v) is 6.35. The van der Waals surface area contributed by atoms with Crippen LogP contribution in [0.3, 0.4) is 0 Å². The molecule has 2 amide bonds. The van der Waals surface area contributed by atoms with Gasteiger partial charge in [-0.05, 0) is 53.6 Å². The predicted molar refractivity (Wildman–Crippen MR) is 124 cm³/mol. The van der Waals surface area contributed by atoms with Crippen LogP contribution in [0.15, 0.2) is 48.5 Å². The molecule has 0 bridgehead atoms. The molecule has 2 heterocycles. The summed E-state index contributed by atoms with van der Waals surface area (Å²) in [5, 5.41) is 8.72. The minimum atomic E-state index is -0.507. The van der Waals surface area contributed by atoms with Gasteiger partial charge in [-0.2, -0.15) is 0 Å². The Bertz CT molecular complexity index is 1380. The van der Waals surface area contributed by atoms with E-state index in [0.29, 0.717) is 26.7 Å². The van der Waals surface area contributed by atoms with E-state index in [-0.39, 0.29) is 11.9 Å². The Morgan fingerprint density at radius 3 is 2.42 bits per heavy atom. The van der Waals surface area contributed by atoms with E-state index in [4.69, 9.17) is 28.9 Å². The lowest BCUT2D eigenvalue weighted by molar-refractivity contribution is 0.0924. The first kappa shape index (κ1) is 19.9. The van der Waals surface area contributed by atoms with Gasteiger partial charge in [0.1, 0.15) is 0 Å². The molecule has 0 spiro atoms. The van der Waals surface area contributed by atoms with Gasteiger partial charge in [0.05, 0.1) is 27.2 Å². The highest BCUT2D eigenvalue weighted by atomic mass is 35.5. The number of aromatic amines is 1. The number of rotatable bonds is 4. The van der Waals surface area contributed by atoms with Crippen LogP contribution in [0.25, 0.3) is 32.9 Å². The second kappa shape index (κ2) is 7.57. The van der Waals surface area contributed by atoms with Gasteiger partial charge in [0, 0.05) is 34.9 Å². The maximum Gasteiger partial charge on any atom is 0.253 e. The maximum atomic E-state index is 13.1. The van der Waals surface area contributed by atoms with Gasteiger partial charge in [0.15, 0.2) is 0 Å². The highest BCUT2D eigenvalue weighted by molar-refractivity contribution is 6.42. The molecule has 0 unspecified atom stereocenters. The molecule has 0 saturated carbocycles. The second-order valence-electron chi connectivity index (χ2n) is 7.65. The third kappa shape index (κ3) is 3.53. The molecular weight excluding hydrogens is 435 g/mol. The van der Waals surface area contributed by atoms with Crippen LogP contribution in [0.5, 0.6) is 0 Å². The Kier molecular flexibility index (Phi) is 4.85. The minimum absolute atomic E-state index is 0.0991. The second-order valence-corrected chi connectivity index (χ2v) is 8.47. The van der Waals surface area contributed by atoms with Crippen LogP contribution in [0.1, 0.15) is 20.7 Å². The van der Waals surface area contributed by atoms with Gasteiger partial charge in [-0.1, -0.05) is 29.3 Å². The van der Waals surface area contributed by atoms with E-state index in [1.807, 2.05) is 18.2 Å². The van der Waals surface area contributed by atoms with E-state index in [2.05, 4.69) is 15.6 Å². The molecule has 1 saturated heterocycles. The van der Waals surface area contributed by atoms with Crippen molar-refractivity contribution in [1.29, 1.82) is 0 Å². The van der Waals surface area contributed by atoms with Crippen LogP contribution in [0.4, 0.5) is 0 Å². The molecule has 0 radical (unpaired) electrons. The van der Waals surface area contributed by atoms with Crippen molar-refractivity contribution in [3.63, 3.8) is 0 Å². The fourth-order valence-corrected chi connectivity index (χ4v) is 4.13. The van der Waals surface area contributed by atoms with E-state index in [0.717, 1.165) is 40.5 Å². The van der Waals surface area contributed by atoms with Crippen LogP contribution in [0.2, 0.25) is 10.0 Å². The summed E-state index contributed by atoms with van der Waals surface area (Å²) in [4.78, 5) is 28.2. The van der Waals surface area contributed by atoms with E-state index in [1.54, 1.807) is 30.3 Å². The van der Waals surface area contributed by atoms with E-state index >= 15 is 0 Å². The number of nitrogens with one attached hydrogen (secondary N) is 3. The van der Waals surface area contributed by atoms with Gasteiger partial charge >= 0.3 is 0 Å². The Hall–Kier alpha value is -3.06. The lowest BCUT2D eigenvalue weighted by atomic mass is 9.98. The minimum Gasteiger partial charge on any atom is -0.366 e. The van der Waals surface area contributed by atoms with Crippen LogP contribution >= 0.6 is 23.2 Å². The molecule has 8 heteroatoms. The molecule has 0 aliphatic carbocycles. The Morgan fingerprint density at radius 2 is 1.74 bits per heavy atom. The van der Waals surface area contributed by atoms with Gasteiger partial charge in [0.2, 0.25) is 5.91 Å². The van der Waals surface area contributed by atoms with Crippen molar-refractivity contribution in [3.8, 4) is 11.1 Å². The Balaban J connectivity index is 1.75. The van der Waals surface area contributed by atoms with Crippen molar-refractivity contribution in [2.24, 2.45) is 5.73 Å². The highest BCUT2D eigenvalue weighted by Crippen LogP contribution is 2.35. The Labute approximate surface area is 187 Å². The molecule has 1 fully saturated rings. The standard InChI is InChI=1S/C23H18Cl2N4O2/c24-18-3-1-11(8-19(18)25)13-6-16-15-5-12(22(26)30)2-4-20(15)29-21(16)17(7-13)23(31)28-14-9-27-10-14/h1-8,14,27,29H,9-10H2,(H2,26,30)(H,28,31). The van der Waals surface area contributed by atoms with Crippen molar-refractivity contribution in [2.75, 3.05) is 13.1 Å². The molecule has 3 aromatic carbocycles. The smallest absolute Gasteiger partial charge is 0.253 e. The molecule has 31 heavy (non-hydrogen) atoms.